The zero-order chi connectivity index (χ0) is 17.4. The number of hydrogen-bond acceptors (Lipinski definition) is 4. The summed E-state index contributed by atoms with van der Waals surface area (Å²) in [6.07, 6.45) is 0.677. The number of thioether (sulfide) groups is 1. The maximum atomic E-state index is 13.5. The molecule has 0 unspecified atom stereocenters. The normalized spacial score (nSPS) is 10.3. The SMILES string of the molecule is COc1ccc(CCNC(=O)CSc2ccccc2F)cc1OC. The Morgan fingerprint density at radius 2 is 1.88 bits per heavy atom. The van der Waals surface area contributed by atoms with Crippen molar-refractivity contribution in [3.05, 3.63) is 53.8 Å². The summed E-state index contributed by atoms with van der Waals surface area (Å²) in [5, 5.41) is 2.83. The highest BCUT2D eigenvalue weighted by Crippen LogP contribution is 2.27. The second-order valence-electron chi connectivity index (χ2n) is 5.01. The summed E-state index contributed by atoms with van der Waals surface area (Å²) < 4.78 is 23.9. The Morgan fingerprint density at radius 1 is 1.12 bits per heavy atom. The molecule has 2 rings (SSSR count). The Labute approximate surface area is 145 Å². The monoisotopic (exact) mass is 349 g/mol. The molecule has 0 bridgehead atoms. The molecule has 0 aliphatic carbocycles. The van der Waals surface area contributed by atoms with Crippen molar-refractivity contribution in [2.75, 3.05) is 26.5 Å². The standard InChI is InChI=1S/C18H20FNO3S/c1-22-15-8-7-13(11-16(15)23-2)9-10-20-18(21)12-24-17-6-4-3-5-14(17)19/h3-8,11H,9-10,12H2,1-2H3,(H,20,21). The van der Waals surface area contributed by atoms with Gasteiger partial charge in [0.05, 0.1) is 20.0 Å². The summed E-state index contributed by atoms with van der Waals surface area (Å²) >= 11 is 1.19. The van der Waals surface area contributed by atoms with E-state index in [9.17, 15) is 9.18 Å². The molecule has 0 atom stereocenters. The summed E-state index contributed by atoms with van der Waals surface area (Å²) in [5.41, 5.74) is 1.04. The fourth-order valence-electron chi connectivity index (χ4n) is 2.14. The largest absolute Gasteiger partial charge is 0.493 e. The van der Waals surface area contributed by atoms with E-state index in [0.29, 0.717) is 29.4 Å². The van der Waals surface area contributed by atoms with E-state index in [1.54, 1.807) is 32.4 Å². The Morgan fingerprint density at radius 3 is 2.58 bits per heavy atom. The first-order valence-electron chi connectivity index (χ1n) is 7.49. The number of halogens is 1. The van der Waals surface area contributed by atoms with E-state index >= 15 is 0 Å². The number of hydrogen-bond donors (Lipinski definition) is 1. The number of carbonyl (C=O) groups is 1. The molecule has 128 valence electrons. The molecule has 6 heteroatoms. The Balaban J connectivity index is 1.77. The van der Waals surface area contributed by atoms with Crippen molar-refractivity contribution in [1.82, 2.24) is 5.32 Å². The van der Waals surface area contributed by atoms with Crippen LogP contribution in [0.15, 0.2) is 47.4 Å². The van der Waals surface area contributed by atoms with Gasteiger partial charge in [-0.05, 0) is 36.2 Å². The first-order chi connectivity index (χ1) is 11.6. The molecule has 1 amide bonds. The minimum atomic E-state index is -0.305. The van der Waals surface area contributed by atoms with Gasteiger partial charge < -0.3 is 14.8 Å². The third-order valence-corrected chi connectivity index (χ3v) is 4.43. The van der Waals surface area contributed by atoms with E-state index in [4.69, 9.17) is 9.47 Å². The van der Waals surface area contributed by atoms with Crippen molar-refractivity contribution >= 4 is 17.7 Å². The highest BCUT2D eigenvalue weighted by molar-refractivity contribution is 8.00. The molecular weight excluding hydrogens is 329 g/mol. The van der Waals surface area contributed by atoms with Gasteiger partial charge in [0.2, 0.25) is 5.91 Å². The molecule has 0 fully saturated rings. The van der Waals surface area contributed by atoms with Gasteiger partial charge in [0, 0.05) is 11.4 Å². The number of methoxy groups -OCH3 is 2. The lowest BCUT2D eigenvalue weighted by atomic mass is 10.1. The number of amides is 1. The highest BCUT2D eigenvalue weighted by atomic mass is 32.2. The van der Waals surface area contributed by atoms with Gasteiger partial charge in [0.15, 0.2) is 11.5 Å². The fraction of sp³-hybridized carbons (Fsp3) is 0.278. The van der Waals surface area contributed by atoms with E-state index in [0.717, 1.165) is 5.56 Å². The molecule has 24 heavy (non-hydrogen) atoms. The molecule has 0 aliphatic rings. The zero-order valence-electron chi connectivity index (χ0n) is 13.7. The molecule has 2 aromatic rings. The van der Waals surface area contributed by atoms with Crippen molar-refractivity contribution in [1.29, 1.82) is 0 Å². The van der Waals surface area contributed by atoms with Crippen LogP contribution in [-0.2, 0) is 11.2 Å². The maximum absolute atomic E-state index is 13.5. The van der Waals surface area contributed by atoms with Gasteiger partial charge >= 0.3 is 0 Å². The van der Waals surface area contributed by atoms with Crippen molar-refractivity contribution in [3.8, 4) is 11.5 Å². The maximum Gasteiger partial charge on any atom is 0.230 e. The summed E-state index contributed by atoms with van der Waals surface area (Å²) in [4.78, 5) is 12.3. The second kappa shape index (κ2) is 9.17. The first-order valence-corrected chi connectivity index (χ1v) is 8.47. The van der Waals surface area contributed by atoms with Crippen molar-refractivity contribution in [2.24, 2.45) is 0 Å². The Bertz CT molecular complexity index is 694. The summed E-state index contributed by atoms with van der Waals surface area (Å²) in [5.74, 6) is 1.10. The number of carbonyl (C=O) groups excluding carboxylic acids is 1. The van der Waals surface area contributed by atoms with Crippen molar-refractivity contribution < 1.29 is 18.7 Å². The number of ether oxygens (including phenoxy) is 2. The van der Waals surface area contributed by atoms with Gasteiger partial charge in [-0.3, -0.25) is 4.79 Å². The Kier molecular flexibility index (Phi) is 6.93. The van der Waals surface area contributed by atoms with E-state index in [-0.39, 0.29) is 17.5 Å². The van der Waals surface area contributed by atoms with Crippen LogP contribution in [0, 0.1) is 5.82 Å². The predicted octanol–water partition coefficient (Wildman–Crippen LogP) is 3.29. The van der Waals surface area contributed by atoms with Gasteiger partial charge in [-0.25, -0.2) is 4.39 Å². The fourth-order valence-corrected chi connectivity index (χ4v) is 2.91. The average Bonchev–Trinajstić information content (AvgIpc) is 2.61. The second-order valence-corrected chi connectivity index (χ2v) is 6.03. The van der Waals surface area contributed by atoms with E-state index in [2.05, 4.69) is 5.32 Å². The van der Waals surface area contributed by atoms with Crippen molar-refractivity contribution in [3.63, 3.8) is 0 Å². The minimum absolute atomic E-state index is 0.122. The molecule has 0 heterocycles. The lowest BCUT2D eigenvalue weighted by Crippen LogP contribution is -2.27. The van der Waals surface area contributed by atoms with Gasteiger partial charge in [-0.2, -0.15) is 0 Å². The highest BCUT2D eigenvalue weighted by Gasteiger charge is 2.07. The number of benzene rings is 2. The molecule has 4 nitrogen and oxygen atoms in total. The van der Waals surface area contributed by atoms with Crippen LogP contribution in [0.5, 0.6) is 11.5 Å². The van der Waals surface area contributed by atoms with Crippen LogP contribution >= 0.6 is 11.8 Å². The lowest BCUT2D eigenvalue weighted by Gasteiger charge is -2.10. The van der Waals surface area contributed by atoms with Gasteiger partial charge in [0.25, 0.3) is 0 Å². The molecule has 0 radical (unpaired) electrons. The molecular formula is C18H20FNO3S. The summed E-state index contributed by atoms with van der Waals surface area (Å²) in [6.45, 7) is 0.506. The van der Waals surface area contributed by atoms with Crippen LogP contribution in [0.1, 0.15) is 5.56 Å². The molecule has 0 aliphatic heterocycles. The van der Waals surface area contributed by atoms with Crippen LogP contribution in [0.2, 0.25) is 0 Å². The molecule has 0 saturated heterocycles. The number of rotatable bonds is 8. The third kappa shape index (κ3) is 5.16. The molecule has 1 N–H and O–H groups in total. The quantitative estimate of drug-likeness (QED) is 0.743. The summed E-state index contributed by atoms with van der Waals surface area (Å²) in [6, 6.07) is 12.1. The van der Waals surface area contributed by atoms with E-state index < -0.39 is 0 Å². The van der Waals surface area contributed by atoms with Crippen LogP contribution in [-0.4, -0.2) is 32.4 Å². The Hall–Kier alpha value is -2.21. The zero-order valence-corrected chi connectivity index (χ0v) is 14.5. The lowest BCUT2D eigenvalue weighted by molar-refractivity contribution is -0.118. The predicted molar refractivity (Wildman–Crippen MR) is 93.4 cm³/mol. The van der Waals surface area contributed by atoms with Gasteiger partial charge in [0.1, 0.15) is 5.82 Å². The molecule has 0 spiro atoms. The first kappa shape index (κ1) is 18.1. The van der Waals surface area contributed by atoms with Crippen LogP contribution in [0.25, 0.3) is 0 Å². The van der Waals surface area contributed by atoms with Crippen LogP contribution < -0.4 is 14.8 Å². The average molecular weight is 349 g/mol. The van der Waals surface area contributed by atoms with Crippen LogP contribution in [0.4, 0.5) is 4.39 Å². The van der Waals surface area contributed by atoms with Crippen molar-refractivity contribution in [2.45, 2.75) is 11.3 Å². The number of nitrogens with one attached hydrogen (secondary N) is 1. The molecule has 2 aromatic carbocycles. The minimum Gasteiger partial charge on any atom is -0.493 e. The van der Waals surface area contributed by atoms with E-state index in [1.165, 1.54) is 17.8 Å². The van der Waals surface area contributed by atoms with E-state index in [1.807, 2.05) is 18.2 Å². The third-order valence-electron chi connectivity index (χ3n) is 3.38. The molecule has 0 aromatic heterocycles. The topological polar surface area (TPSA) is 47.6 Å². The van der Waals surface area contributed by atoms with Crippen LogP contribution in [0.3, 0.4) is 0 Å². The van der Waals surface area contributed by atoms with Gasteiger partial charge in [-0.15, -0.1) is 11.8 Å². The smallest absolute Gasteiger partial charge is 0.230 e. The summed E-state index contributed by atoms with van der Waals surface area (Å²) in [7, 11) is 3.17. The molecule has 0 saturated carbocycles. The van der Waals surface area contributed by atoms with Gasteiger partial charge in [-0.1, -0.05) is 18.2 Å².